The maximum absolute atomic E-state index is 13.8. The number of aromatic nitrogens is 1. The van der Waals surface area contributed by atoms with E-state index >= 15 is 0 Å². The molecule has 2 aromatic carbocycles. The predicted octanol–water partition coefficient (Wildman–Crippen LogP) is 6.11. The molecule has 6 nitrogen and oxygen atoms in total. The number of hydrogen-bond donors (Lipinski definition) is 1. The summed E-state index contributed by atoms with van der Waals surface area (Å²) in [6.07, 6.45) is 1.49. The van der Waals surface area contributed by atoms with E-state index in [1.807, 2.05) is 62.4 Å². The minimum absolute atomic E-state index is 0.00721. The van der Waals surface area contributed by atoms with Gasteiger partial charge in [0.2, 0.25) is 5.78 Å². The van der Waals surface area contributed by atoms with Crippen molar-refractivity contribution in [3.63, 3.8) is 0 Å². The van der Waals surface area contributed by atoms with Crippen LogP contribution in [0.1, 0.15) is 38.3 Å². The lowest BCUT2D eigenvalue weighted by atomic mass is 9.98. The van der Waals surface area contributed by atoms with Crippen LogP contribution in [-0.2, 0) is 4.79 Å². The Morgan fingerprint density at radius 3 is 2.53 bits per heavy atom. The zero-order valence-corrected chi connectivity index (χ0v) is 19.7. The summed E-state index contributed by atoms with van der Waals surface area (Å²) in [5, 5.41) is 11.7. The summed E-state index contributed by atoms with van der Waals surface area (Å²) in [6.45, 7) is 5.57. The van der Waals surface area contributed by atoms with Crippen LogP contribution in [0.3, 0.4) is 0 Å². The molecule has 0 saturated heterocycles. The quantitative estimate of drug-likeness (QED) is 0.356. The molecular formula is C27H22N2O4S. The predicted molar refractivity (Wildman–Crippen MR) is 131 cm³/mol. The fourth-order valence-corrected chi connectivity index (χ4v) is 5.24. The van der Waals surface area contributed by atoms with E-state index in [0.717, 1.165) is 16.7 Å². The third-order valence-corrected chi connectivity index (χ3v) is 7.12. The molecule has 170 valence electrons. The highest BCUT2D eigenvalue weighted by Crippen LogP contribution is 2.44. The molecule has 1 atom stereocenters. The number of carbonyl (C=O) groups is 2. The molecule has 1 amide bonds. The topological polar surface area (TPSA) is 83.6 Å². The monoisotopic (exact) mass is 470 g/mol. The van der Waals surface area contributed by atoms with Crippen molar-refractivity contribution in [3.05, 3.63) is 106 Å². The van der Waals surface area contributed by atoms with Crippen LogP contribution in [0.5, 0.6) is 0 Å². The molecule has 34 heavy (non-hydrogen) atoms. The fourth-order valence-electron chi connectivity index (χ4n) is 4.21. The van der Waals surface area contributed by atoms with Crippen molar-refractivity contribution in [2.75, 3.05) is 4.90 Å². The Hall–Kier alpha value is -3.97. The molecule has 0 aliphatic carbocycles. The lowest BCUT2D eigenvalue weighted by Gasteiger charge is -2.26. The summed E-state index contributed by atoms with van der Waals surface area (Å²) in [5.41, 5.74) is 3.85. The number of carbonyl (C=O) groups excluding carboxylic acids is 2. The van der Waals surface area contributed by atoms with Gasteiger partial charge in [-0.05, 0) is 50.1 Å². The Balaban J connectivity index is 1.63. The molecule has 3 heterocycles. The van der Waals surface area contributed by atoms with Crippen molar-refractivity contribution in [2.45, 2.75) is 26.8 Å². The van der Waals surface area contributed by atoms with Crippen molar-refractivity contribution in [2.24, 2.45) is 0 Å². The van der Waals surface area contributed by atoms with E-state index in [2.05, 4.69) is 4.98 Å². The van der Waals surface area contributed by atoms with Gasteiger partial charge in [-0.15, -0.1) is 11.3 Å². The van der Waals surface area contributed by atoms with E-state index < -0.39 is 23.5 Å². The van der Waals surface area contributed by atoms with E-state index in [0.29, 0.717) is 27.0 Å². The van der Waals surface area contributed by atoms with Crippen LogP contribution in [0.4, 0.5) is 5.69 Å². The molecule has 1 unspecified atom stereocenters. The summed E-state index contributed by atoms with van der Waals surface area (Å²) in [5.74, 6) is -1.24. The number of Topliss-reactive ketones (excluding diaryl/α,β-unsaturated/α-hetero) is 1. The van der Waals surface area contributed by atoms with Crippen LogP contribution in [0.25, 0.3) is 10.6 Å². The molecule has 4 aromatic rings. The lowest BCUT2D eigenvalue weighted by molar-refractivity contribution is -0.117. The van der Waals surface area contributed by atoms with Gasteiger partial charge in [0.1, 0.15) is 16.8 Å². The van der Waals surface area contributed by atoms with E-state index in [9.17, 15) is 14.7 Å². The zero-order chi connectivity index (χ0) is 24.0. The van der Waals surface area contributed by atoms with Gasteiger partial charge in [-0.1, -0.05) is 42.5 Å². The molecule has 1 aliphatic heterocycles. The van der Waals surface area contributed by atoms with Gasteiger partial charge in [0.25, 0.3) is 5.91 Å². The molecule has 0 bridgehead atoms. The van der Waals surface area contributed by atoms with Crippen molar-refractivity contribution < 1.29 is 19.1 Å². The molecule has 0 saturated carbocycles. The maximum Gasteiger partial charge on any atom is 0.294 e. The number of aliphatic hydroxyl groups is 1. The number of benzene rings is 2. The van der Waals surface area contributed by atoms with E-state index in [4.69, 9.17) is 4.42 Å². The zero-order valence-electron chi connectivity index (χ0n) is 18.9. The van der Waals surface area contributed by atoms with Crippen molar-refractivity contribution in [1.82, 2.24) is 4.98 Å². The molecule has 1 N–H and O–H groups in total. The second-order valence-electron chi connectivity index (χ2n) is 8.27. The minimum Gasteiger partial charge on any atom is -0.503 e. The Bertz CT molecular complexity index is 1430. The van der Waals surface area contributed by atoms with Gasteiger partial charge in [-0.3, -0.25) is 14.5 Å². The Morgan fingerprint density at radius 1 is 1.06 bits per heavy atom. The first kappa shape index (κ1) is 21.9. The standard InChI is InChI=1S/C27H22N2O4S/c1-15-11-12-16(2)19(14-15)29-22(20-10-7-13-33-20)21(24(31)27(29)32)23(30)25-17(3)28-26(34-25)18-8-5-4-6-9-18/h4-14,22,31H,1-3H3. The second kappa shape index (κ2) is 8.43. The van der Waals surface area contributed by atoms with Crippen molar-refractivity contribution in [1.29, 1.82) is 0 Å². The van der Waals surface area contributed by atoms with Gasteiger partial charge in [0.05, 0.1) is 22.4 Å². The number of aliphatic hydroxyl groups excluding tert-OH is 1. The largest absolute Gasteiger partial charge is 0.503 e. The van der Waals surface area contributed by atoms with E-state index in [1.54, 1.807) is 19.1 Å². The van der Waals surface area contributed by atoms with Gasteiger partial charge in [-0.25, -0.2) is 4.98 Å². The van der Waals surface area contributed by atoms with Gasteiger partial charge in [0, 0.05) is 11.3 Å². The molecular weight excluding hydrogens is 448 g/mol. The smallest absolute Gasteiger partial charge is 0.294 e. The average molecular weight is 471 g/mol. The van der Waals surface area contributed by atoms with Gasteiger partial charge in [0.15, 0.2) is 5.76 Å². The summed E-state index contributed by atoms with van der Waals surface area (Å²) in [6, 6.07) is 17.8. The number of ketones is 1. The summed E-state index contributed by atoms with van der Waals surface area (Å²) in [7, 11) is 0. The Labute approximate surface area is 200 Å². The first-order valence-electron chi connectivity index (χ1n) is 10.8. The number of aryl methyl sites for hydroxylation is 3. The van der Waals surface area contributed by atoms with Gasteiger partial charge in [-0.2, -0.15) is 0 Å². The van der Waals surface area contributed by atoms with Crippen LogP contribution in [0.2, 0.25) is 0 Å². The normalized spacial score (nSPS) is 15.9. The summed E-state index contributed by atoms with van der Waals surface area (Å²) in [4.78, 5) is 33.6. The van der Waals surface area contributed by atoms with Crippen LogP contribution in [0.15, 0.2) is 82.7 Å². The first-order chi connectivity index (χ1) is 16.4. The number of nitrogens with zero attached hydrogens (tertiary/aromatic N) is 2. The number of amides is 1. The van der Waals surface area contributed by atoms with Crippen LogP contribution >= 0.6 is 11.3 Å². The second-order valence-corrected chi connectivity index (χ2v) is 9.27. The first-order valence-corrected chi connectivity index (χ1v) is 11.6. The summed E-state index contributed by atoms with van der Waals surface area (Å²) >= 11 is 1.25. The van der Waals surface area contributed by atoms with Crippen LogP contribution in [-0.4, -0.2) is 21.8 Å². The Morgan fingerprint density at radius 2 is 1.82 bits per heavy atom. The average Bonchev–Trinajstić information content (AvgIpc) is 3.55. The third kappa shape index (κ3) is 3.54. The lowest BCUT2D eigenvalue weighted by Crippen LogP contribution is -2.31. The molecule has 1 aliphatic rings. The number of hydrogen-bond acceptors (Lipinski definition) is 6. The van der Waals surface area contributed by atoms with Crippen LogP contribution in [0, 0.1) is 20.8 Å². The molecule has 0 spiro atoms. The molecule has 5 rings (SSSR count). The minimum atomic E-state index is -0.892. The molecule has 7 heteroatoms. The molecule has 0 fully saturated rings. The van der Waals surface area contributed by atoms with E-state index in [1.165, 1.54) is 22.5 Å². The number of anilines is 1. The Kier molecular flexibility index (Phi) is 5.42. The number of furan rings is 1. The number of rotatable bonds is 5. The third-order valence-electron chi connectivity index (χ3n) is 5.91. The van der Waals surface area contributed by atoms with Crippen molar-refractivity contribution >= 4 is 28.7 Å². The maximum atomic E-state index is 13.8. The highest BCUT2D eigenvalue weighted by molar-refractivity contribution is 7.17. The highest BCUT2D eigenvalue weighted by Gasteiger charge is 2.47. The van der Waals surface area contributed by atoms with Crippen LogP contribution < -0.4 is 4.90 Å². The SMILES string of the molecule is Cc1ccc(C)c(N2C(=O)C(O)=C(C(=O)c3sc(-c4ccccc4)nc3C)C2c2ccco2)c1. The fraction of sp³-hybridized carbons (Fsp3) is 0.148. The summed E-state index contributed by atoms with van der Waals surface area (Å²) < 4.78 is 5.65. The molecule has 0 radical (unpaired) electrons. The van der Waals surface area contributed by atoms with Crippen molar-refractivity contribution in [3.8, 4) is 10.6 Å². The van der Waals surface area contributed by atoms with Gasteiger partial charge < -0.3 is 9.52 Å². The number of thiazole rings is 1. The van der Waals surface area contributed by atoms with E-state index in [-0.39, 0.29) is 5.57 Å². The molecule has 2 aromatic heterocycles. The van der Waals surface area contributed by atoms with Gasteiger partial charge >= 0.3 is 0 Å². The highest BCUT2D eigenvalue weighted by atomic mass is 32.1.